The first kappa shape index (κ1) is 18.2. The summed E-state index contributed by atoms with van der Waals surface area (Å²) in [5.74, 6) is -0.351. The zero-order valence-electron chi connectivity index (χ0n) is 14.8. The predicted molar refractivity (Wildman–Crippen MR) is 104 cm³/mol. The molecule has 2 aromatic carbocycles. The van der Waals surface area contributed by atoms with Gasteiger partial charge in [0.05, 0.1) is 17.4 Å². The number of para-hydroxylation sites is 1. The maximum absolute atomic E-state index is 11.5. The van der Waals surface area contributed by atoms with Gasteiger partial charge in [0.15, 0.2) is 0 Å². The molecule has 0 spiro atoms. The van der Waals surface area contributed by atoms with Crippen LogP contribution in [0, 0.1) is 0 Å². The Hall–Kier alpha value is -2.63. The normalized spacial score (nSPS) is 12.3. The molecule has 0 saturated carbocycles. The Bertz CT molecular complexity index is 890. The Morgan fingerprint density at radius 3 is 2.46 bits per heavy atom. The second-order valence-corrected chi connectivity index (χ2v) is 6.72. The lowest BCUT2D eigenvalue weighted by Crippen LogP contribution is -2.39. The number of aromatic nitrogens is 2. The van der Waals surface area contributed by atoms with E-state index in [1.54, 1.807) is 6.92 Å². The third-order valence-corrected chi connectivity index (χ3v) is 4.67. The third kappa shape index (κ3) is 3.95. The Labute approximate surface area is 158 Å². The van der Waals surface area contributed by atoms with Crippen LogP contribution < -0.4 is 5.73 Å². The van der Waals surface area contributed by atoms with Gasteiger partial charge in [-0.3, -0.25) is 9.69 Å². The molecular formula is C20H21ClN4O. The fourth-order valence-electron chi connectivity index (χ4n) is 2.71. The molecule has 2 N–H and O–H groups in total. The van der Waals surface area contributed by atoms with E-state index in [2.05, 4.69) is 0 Å². The predicted octanol–water partition coefficient (Wildman–Crippen LogP) is 3.50. The van der Waals surface area contributed by atoms with E-state index in [-0.39, 0.29) is 11.9 Å². The smallest absolute Gasteiger partial charge is 0.234 e. The van der Waals surface area contributed by atoms with Gasteiger partial charge < -0.3 is 5.73 Å². The van der Waals surface area contributed by atoms with Crippen molar-refractivity contribution in [1.82, 2.24) is 14.7 Å². The van der Waals surface area contributed by atoms with Gasteiger partial charge in [-0.15, -0.1) is 0 Å². The molecule has 1 unspecified atom stereocenters. The number of rotatable bonds is 6. The summed E-state index contributed by atoms with van der Waals surface area (Å²) in [6.45, 7) is 2.35. The lowest BCUT2D eigenvalue weighted by molar-refractivity contribution is -0.122. The van der Waals surface area contributed by atoms with Crippen LogP contribution >= 0.6 is 11.6 Å². The Morgan fingerprint density at radius 2 is 1.85 bits per heavy atom. The molecule has 134 valence electrons. The Balaban J connectivity index is 2.01. The van der Waals surface area contributed by atoms with Crippen molar-refractivity contribution in [1.29, 1.82) is 0 Å². The molecule has 0 aliphatic rings. The van der Waals surface area contributed by atoms with E-state index >= 15 is 0 Å². The molecule has 0 radical (unpaired) electrons. The second kappa shape index (κ2) is 7.72. The van der Waals surface area contributed by atoms with Crippen molar-refractivity contribution in [2.75, 3.05) is 7.05 Å². The molecule has 1 aromatic heterocycles. The molecule has 0 bridgehead atoms. The lowest BCUT2D eigenvalue weighted by atomic mass is 10.1. The maximum Gasteiger partial charge on any atom is 0.234 e. The number of hydrogen-bond donors (Lipinski definition) is 1. The van der Waals surface area contributed by atoms with E-state index < -0.39 is 0 Å². The zero-order valence-corrected chi connectivity index (χ0v) is 15.5. The van der Waals surface area contributed by atoms with Crippen molar-refractivity contribution < 1.29 is 4.79 Å². The van der Waals surface area contributed by atoms with Gasteiger partial charge in [-0.1, -0.05) is 41.9 Å². The SMILES string of the molecule is CC(C(N)=O)N(C)Cc1cn(-c2ccccc2)nc1-c1ccc(Cl)cc1. The van der Waals surface area contributed by atoms with Crippen LogP contribution in [0.1, 0.15) is 12.5 Å². The molecule has 1 amide bonds. The molecule has 3 rings (SSSR count). The van der Waals surface area contributed by atoms with E-state index in [4.69, 9.17) is 22.4 Å². The fraction of sp³-hybridized carbons (Fsp3) is 0.200. The number of halogens is 1. The first-order valence-corrected chi connectivity index (χ1v) is 8.73. The molecule has 1 atom stereocenters. The molecular weight excluding hydrogens is 348 g/mol. The monoisotopic (exact) mass is 368 g/mol. The molecule has 5 nitrogen and oxygen atoms in total. The highest BCUT2D eigenvalue weighted by Crippen LogP contribution is 2.26. The van der Waals surface area contributed by atoms with Gasteiger partial charge in [-0.2, -0.15) is 5.10 Å². The van der Waals surface area contributed by atoms with Crippen molar-refractivity contribution in [3.8, 4) is 16.9 Å². The third-order valence-electron chi connectivity index (χ3n) is 4.42. The Morgan fingerprint density at radius 1 is 1.19 bits per heavy atom. The standard InChI is InChI=1S/C20H21ClN4O/c1-14(20(22)26)24(2)12-16-13-25(18-6-4-3-5-7-18)23-19(16)15-8-10-17(21)11-9-15/h3-11,13-14H,12H2,1-2H3,(H2,22,26). The average Bonchev–Trinajstić information content (AvgIpc) is 3.06. The van der Waals surface area contributed by atoms with Gasteiger partial charge >= 0.3 is 0 Å². The highest BCUT2D eigenvalue weighted by Gasteiger charge is 2.19. The summed E-state index contributed by atoms with van der Waals surface area (Å²) in [5.41, 5.74) is 9.24. The maximum atomic E-state index is 11.5. The average molecular weight is 369 g/mol. The van der Waals surface area contributed by atoms with E-state index in [1.165, 1.54) is 0 Å². The summed E-state index contributed by atoms with van der Waals surface area (Å²) in [6.07, 6.45) is 1.99. The van der Waals surface area contributed by atoms with Crippen LogP contribution in [0.15, 0.2) is 60.8 Å². The van der Waals surface area contributed by atoms with Crippen LogP contribution in [0.2, 0.25) is 5.02 Å². The summed E-state index contributed by atoms with van der Waals surface area (Å²) >= 11 is 6.02. The van der Waals surface area contributed by atoms with E-state index in [0.717, 1.165) is 22.5 Å². The van der Waals surface area contributed by atoms with Gasteiger partial charge in [0, 0.05) is 28.9 Å². The quantitative estimate of drug-likeness (QED) is 0.724. The van der Waals surface area contributed by atoms with Crippen LogP contribution in [0.4, 0.5) is 0 Å². The number of hydrogen-bond acceptors (Lipinski definition) is 3. The van der Waals surface area contributed by atoms with E-state index in [0.29, 0.717) is 11.6 Å². The minimum Gasteiger partial charge on any atom is -0.368 e. The molecule has 6 heteroatoms. The molecule has 3 aromatic rings. The molecule has 0 aliphatic heterocycles. The van der Waals surface area contributed by atoms with Crippen molar-refractivity contribution in [2.45, 2.75) is 19.5 Å². The van der Waals surface area contributed by atoms with Gasteiger partial charge in [0.1, 0.15) is 0 Å². The minimum atomic E-state index is -0.367. The molecule has 1 heterocycles. The van der Waals surface area contributed by atoms with E-state index in [1.807, 2.05) is 77.4 Å². The van der Waals surface area contributed by atoms with Crippen LogP contribution in [0.5, 0.6) is 0 Å². The summed E-state index contributed by atoms with van der Waals surface area (Å²) < 4.78 is 1.85. The molecule has 0 saturated heterocycles. The highest BCUT2D eigenvalue weighted by atomic mass is 35.5. The zero-order chi connectivity index (χ0) is 18.7. The van der Waals surface area contributed by atoms with Gasteiger partial charge in [-0.25, -0.2) is 4.68 Å². The summed E-state index contributed by atoms with van der Waals surface area (Å²) in [5, 5.41) is 5.45. The number of amides is 1. The highest BCUT2D eigenvalue weighted by molar-refractivity contribution is 6.30. The van der Waals surface area contributed by atoms with Gasteiger partial charge in [-0.05, 0) is 38.2 Å². The van der Waals surface area contributed by atoms with Crippen molar-refractivity contribution in [3.05, 3.63) is 71.4 Å². The number of nitrogens with zero attached hydrogens (tertiary/aromatic N) is 3. The first-order valence-electron chi connectivity index (χ1n) is 8.35. The van der Waals surface area contributed by atoms with Crippen molar-refractivity contribution in [3.63, 3.8) is 0 Å². The topological polar surface area (TPSA) is 64.2 Å². The number of primary amides is 1. The van der Waals surface area contributed by atoms with E-state index in [9.17, 15) is 4.79 Å². The van der Waals surface area contributed by atoms with Crippen LogP contribution in [0.25, 0.3) is 16.9 Å². The summed E-state index contributed by atoms with van der Waals surface area (Å²) in [7, 11) is 1.88. The summed E-state index contributed by atoms with van der Waals surface area (Å²) in [4.78, 5) is 13.4. The number of carbonyl (C=O) groups is 1. The van der Waals surface area contributed by atoms with Crippen molar-refractivity contribution >= 4 is 17.5 Å². The molecule has 0 fully saturated rings. The van der Waals surface area contributed by atoms with Crippen LogP contribution in [-0.4, -0.2) is 33.7 Å². The number of benzene rings is 2. The number of carbonyl (C=O) groups excluding carboxylic acids is 1. The van der Waals surface area contributed by atoms with Gasteiger partial charge in [0.25, 0.3) is 0 Å². The van der Waals surface area contributed by atoms with Crippen LogP contribution in [-0.2, 0) is 11.3 Å². The number of nitrogens with two attached hydrogens (primary N) is 1. The fourth-order valence-corrected chi connectivity index (χ4v) is 2.84. The lowest BCUT2D eigenvalue weighted by Gasteiger charge is -2.21. The van der Waals surface area contributed by atoms with Crippen molar-refractivity contribution in [2.24, 2.45) is 5.73 Å². The largest absolute Gasteiger partial charge is 0.368 e. The van der Waals surface area contributed by atoms with Crippen LogP contribution in [0.3, 0.4) is 0 Å². The Kier molecular flexibility index (Phi) is 5.40. The molecule has 0 aliphatic carbocycles. The number of likely N-dealkylation sites (N-methyl/N-ethyl adjacent to an activating group) is 1. The minimum absolute atomic E-state index is 0.351. The first-order chi connectivity index (χ1) is 12.5. The molecule has 26 heavy (non-hydrogen) atoms. The van der Waals surface area contributed by atoms with Gasteiger partial charge in [0.2, 0.25) is 5.91 Å². The summed E-state index contributed by atoms with van der Waals surface area (Å²) in [6, 6.07) is 17.1. The second-order valence-electron chi connectivity index (χ2n) is 6.28.